The van der Waals surface area contributed by atoms with Crippen LogP contribution in [0.25, 0.3) is 0 Å². The van der Waals surface area contributed by atoms with Gasteiger partial charge in [-0.25, -0.2) is 0 Å². The van der Waals surface area contributed by atoms with E-state index in [0.717, 1.165) is 78.0 Å². The third kappa shape index (κ3) is 5.14. The van der Waals surface area contributed by atoms with E-state index in [1.165, 1.54) is 37.8 Å². The van der Waals surface area contributed by atoms with Gasteiger partial charge in [0.2, 0.25) is 5.91 Å². The molecule has 1 aromatic rings. The topological polar surface area (TPSA) is 36.0 Å². The molecule has 4 aliphatic rings. The quantitative estimate of drug-likeness (QED) is 0.700. The Labute approximate surface area is 194 Å². The number of para-hydroxylation sites is 1. The van der Waals surface area contributed by atoms with Crippen LogP contribution in [0.3, 0.4) is 0 Å². The third-order valence-corrected chi connectivity index (χ3v) is 8.63. The van der Waals surface area contributed by atoms with E-state index in [2.05, 4.69) is 45.0 Å². The first-order valence-electron chi connectivity index (χ1n) is 13.2. The van der Waals surface area contributed by atoms with Crippen LogP contribution in [0.15, 0.2) is 30.3 Å². The van der Waals surface area contributed by atoms with Crippen LogP contribution in [0.2, 0.25) is 0 Å². The Morgan fingerprint density at radius 1 is 0.906 bits per heavy atom. The average molecular weight is 440 g/mol. The first-order valence-corrected chi connectivity index (χ1v) is 13.2. The van der Waals surface area contributed by atoms with Crippen LogP contribution < -0.4 is 4.90 Å². The highest BCUT2D eigenvalue weighted by atomic mass is 16.5. The monoisotopic (exact) mass is 439 g/mol. The molecule has 0 N–H and O–H groups in total. The van der Waals surface area contributed by atoms with E-state index in [1.807, 2.05) is 0 Å². The van der Waals surface area contributed by atoms with Gasteiger partial charge in [-0.2, -0.15) is 0 Å². The molecule has 1 aromatic carbocycles. The Bertz CT molecular complexity index is 733. The number of carbonyl (C=O) groups excluding carboxylic acids is 1. The van der Waals surface area contributed by atoms with Crippen molar-refractivity contribution in [2.24, 2.45) is 5.92 Å². The molecule has 5 heteroatoms. The summed E-state index contributed by atoms with van der Waals surface area (Å²) in [7, 11) is 0. The lowest BCUT2D eigenvalue weighted by Crippen LogP contribution is -2.57. The summed E-state index contributed by atoms with van der Waals surface area (Å²) >= 11 is 0. The predicted octanol–water partition coefficient (Wildman–Crippen LogP) is 4.32. The van der Waals surface area contributed by atoms with Crippen LogP contribution >= 0.6 is 0 Å². The van der Waals surface area contributed by atoms with E-state index in [4.69, 9.17) is 4.74 Å². The maximum atomic E-state index is 12.9. The van der Waals surface area contributed by atoms with Gasteiger partial charge in [-0.1, -0.05) is 37.5 Å². The largest absolute Gasteiger partial charge is 0.375 e. The van der Waals surface area contributed by atoms with Crippen molar-refractivity contribution in [1.82, 2.24) is 9.80 Å². The normalized spacial score (nSPS) is 27.6. The van der Waals surface area contributed by atoms with E-state index in [0.29, 0.717) is 17.9 Å². The maximum Gasteiger partial charge on any atom is 0.222 e. The minimum atomic E-state index is 0.00109. The third-order valence-electron chi connectivity index (χ3n) is 8.63. The fourth-order valence-corrected chi connectivity index (χ4v) is 6.58. The summed E-state index contributed by atoms with van der Waals surface area (Å²) in [6, 6.07) is 11.4. The predicted molar refractivity (Wildman–Crippen MR) is 129 cm³/mol. The first kappa shape index (κ1) is 22.2. The fraction of sp³-hybridized carbons (Fsp3) is 0.741. The van der Waals surface area contributed by atoms with Gasteiger partial charge < -0.3 is 14.5 Å². The molecule has 0 radical (unpaired) electrons. The number of amides is 1. The summed E-state index contributed by atoms with van der Waals surface area (Å²) in [5.41, 5.74) is 1.35. The molecule has 0 bridgehead atoms. The highest BCUT2D eigenvalue weighted by molar-refractivity contribution is 5.76. The minimum Gasteiger partial charge on any atom is -0.375 e. The van der Waals surface area contributed by atoms with Gasteiger partial charge in [0.15, 0.2) is 0 Å². The molecule has 3 saturated heterocycles. The van der Waals surface area contributed by atoms with Gasteiger partial charge >= 0.3 is 0 Å². The van der Waals surface area contributed by atoms with Crippen molar-refractivity contribution < 1.29 is 9.53 Å². The summed E-state index contributed by atoms with van der Waals surface area (Å²) < 4.78 is 6.42. The second kappa shape index (κ2) is 10.1. The van der Waals surface area contributed by atoms with Crippen LogP contribution in [0.4, 0.5) is 5.69 Å². The number of carbonyl (C=O) groups is 1. The molecular formula is C27H41N3O2. The molecule has 3 heterocycles. The highest BCUT2D eigenvalue weighted by Gasteiger charge is 2.43. The number of anilines is 1. The smallest absolute Gasteiger partial charge is 0.222 e. The zero-order chi connectivity index (χ0) is 21.8. The van der Waals surface area contributed by atoms with Crippen LogP contribution in [0, 0.1) is 5.92 Å². The summed E-state index contributed by atoms with van der Waals surface area (Å²) in [5, 5.41) is 0. The van der Waals surface area contributed by atoms with Crippen LogP contribution in [-0.2, 0) is 9.53 Å². The van der Waals surface area contributed by atoms with E-state index >= 15 is 0 Å². The van der Waals surface area contributed by atoms with E-state index in [1.54, 1.807) is 0 Å². The Morgan fingerprint density at radius 2 is 1.62 bits per heavy atom. The summed E-state index contributed by atoms with van der Waals surface area (Å²) in [4.78, 5) is 20.2. The number of rotatable bonds is 4. The Balaban J connectivity index is 1.10. The van der Waals surface area contributed by atoms with Crippen molar-refractivity contribution in [1.29, 1.82) is 0 Å². The van der Waals surface area contributed by atoms with Gasteiger partial charge in [0.1, 0.15) is 0 Å². The average Bonchev–Trinajstić information content (AvgIpc) is 2.86. The van der Waals surface area contributed by atoms with E-state index < -0.39 is 0 Å². The number of piperidine rings is 1. The fourth-order valence-electron chi connectivity index (χ4n) is 6.58. The summed E-state index contributed by atoms with van der Waals surface area (Å²) in [5.74, 6) is 1.04. The Morgan fingerprint density at radius 3 is 2.34 bits per heavy atom. The molecule has 1 atom stereocenters. The standard InChI is InChI=1S/C27H41N3O2/c31-26(21-23-7-3-1-4-8-23)30-14-12-27(13-15-30)22-25(11-20-32-27)29-18-16-28(17-19-29)24-9-5-2-6-10-24/h2,5-6,9-10,23,25H,1,3-4,7-8,11-22H2/t25-/m1/s1. The number of hydrogen-bond donors (Lipinski definition) is 0. The molecule has 0 unspecified atom stereocenters. The van der Waals surface area contributed by atoms with Crippen LogP contribution in [0.5, 0.6) is 0 Å². The molecule has 4 fully saturated rings. The van der Waals surface area contributed by atoms with E-state index in [-0.39, 0.29) is 5.60 Å². The zero-order valence-electron chi connectivity index (χ0n) is 19.7. The van der Waals surface area contributed by atoms with Crippen LogP contribution in [0.1, 0.15) is 64.2 Å². The summed E-state index contributed by atoms with van der Waals surface area (Å²) in [6.07, 6.45) is 11.6. The van der Waals surface area contributed by atoms with Crippen molar-refractivity contribution >= 4 is 11.6 Å². The molecule has 0 aromatic heterocycles. The molecular weight excluding hydrogens is 398 g/mol. The lowest BCUT2D eigenvalue weighted by atomic mass is 9.81. The SMILES string of the molecule is O=C(CC1CCCCC1)N1CCC2(CC1)C[C@H](N1CCN(c3ccccc3)CC1)CCO2. The summed E-state index contributed by atoms with van der Waals surface area (Å²) in [6.45, 7) is 7.15. The van der Waals surface area contributed by atoms with Crippen molar-refractivity contribution in [2.45, 2.75) is 75.9 Å². The van der Waals surface area contributed by atoms with Gasteiger partial charge in [0.25, 0.3) is 0 Å². The van der Waals surface area contributed by atoms with Gasteiger partial charge in [-0.15, -0.1) is 0 Å². The van der Waals surface area contributed by atoms with Crippen molar-refractivity contribution in [3.63, 3.8) is 0 Å². The highest BCUT2D eigenvalue weighted by Crippen LogP contribution is 2.38. The van der Waals surface area contributed by atoms with Crippen molar-refractivity contribution in [3.05, 3.63) is 30.3 Å². The molecule has 5 rings (SSSR count). The van der Waals surface area contributed by atoms with Gasteiger partial charge in [-0.3, -0.25) is 9.69 Å². The maximum absolute atomic E-state index is 12.9. The molecule has 1 spiro atoms. The van der Waals surface area contributed by atoms with Gasteiger partial charge in [0, 0.05) is 64.0 Å². The second-order valence-corrected chi connectivity index (χ2v) is 10.6. The number of piperazine rings is 1. The lowest BCUT2D eigenvalue weighted by Gasteiger charge is -2.50. The lowest BCUT2D eigenvalue weighted by molar-refractivity contribution is -0.150. The van der Waals surface area contributed by atoms with Gasteiger partial charge in [0.05, 0.1) is 5.60 Å². The van der Waals surface area contributed by atoms with Gasteiger partial charge in [-0.05, 0) is 56.6 Å². The molecule has 1 amide bonds. The number of ether oxygens (including phenoxy) is 1. The molecule has 3 aliphatic heterocycles. The van der Waals surface area contributed by atoms with Crippen molar-refractivity contribution in [3.8, 4) is 0 Å². The van der Waals surface area contributed by atoms with Crippen LogP contribution in [-0.4, -0.2) is 73.2 Å². The second-order valence-electron chi connectivity index (χ2n) is 10.6. The molecule has 1 aliphatic carbocycles. The Hall–Kier alpha value is -1.59. The number of hydrogen-bond acceptors (Lipinski definition) is 4. The first-order chi connectivity index (χ1) is 15.7. The van der Waals surface area contributed by atoms with E-state index in [9.17, 15) is 4.79 Å². The number of benzene rings is 1. The molecule has 1 saturated carbocycles. The van der Waals surface area contributed by atoms with Crippen molar-refractivity contribution in [2.75, 3.05) is 50.8 Å². The molecule has 176 valence electrons. The number of nitrogens with zero attached hydrogens (tertiary/aromatic N) is 3. The molecule has 32 heavy (non-hydrogen) atoms. The minimum absolute atomic E-state index is 0.00109. The molecule has 5 nitrogen and oxygen atoms in total. The number of likely N-dealkylation sites (tertiary alicyclic amines) is 1. The zero-order valence-corrected chi connectivity index (χ0v) is 19.7. The Kier molecular flexibility index (Phi) is 7.03.